The van der Waals surface area contributed by atoms with Crippen LogP contribution in [0.1, 0.15) is 34.7 Å². The number of benzene rings is 2. The van der Waals surface area contributed by atoms with Crippen molar-refractivity contribution in [2.75, 3.05) is 13.7 Å². The fraction of sp³-hybridized carbons (Fsp3) is 0.333. The van der Waals surface area contributed by atoms with Crippen molar-refractivity contribution in [1.29, 1.82) is 0 Å². The lowest BCUT2D eigenvalue weighted by Crippen LogP contribution is -2.14. The first-order valence-corrected chi connectivity index (χ1v) is 7.35. The third-order valence-electron chi connectivity index (χ3n) is 4.08. The molecule has 1 heterocycles. The Morgan fingerprint density at radius 3 is 2.71 bits per heavy atom. The Balaban J connectivity index is 1.92. The van der Waals surface area contributed by atoms with Crippen LogP contribution in [-0.4, -0.2) is 13.7 Å². The van der Waals surface area contributed by atoms with Crippen molar-refractivity contribution in [3.05, 3.63) is 58.7 Å². The zero-order valence-electron chi connectivity index (χ0n) is 12.6. The molecular weight excluding hydrogens is 262 g/mol. The first-order chi connectivity index (χ1) is 10.2. The minimum absolute atomic E-state index is 0.147. The molecule has 1 unspecified atom stereocenters. The highest BCUT2D eigenvalue weighted by molar-refractivity contribution is 5.44. The molecule has 1 atom stereocenters. The second-order valence-corrected chi connectivity index (χ2v) is 5.53. The number of fused-ring (bicyclic) bond motifs is 1. The van der Waals surface area contributed by atoms with E-state index in [-0.39, 0.29) is 6.04 Å². The maximum atomic E-state index is 6.43. The van der Waals surface area contributed by atoms with Crippen molar-refractivity contribution in [1.82, 2.24) is 0 Å². The van der Waals surface area contributed by atoms with E-state index in [9.17, 15) is 0 Å². The monoisotopic (exact) mass is 283 g/mol. The Kier molecular flexibility index (Phi) is 3.84. The van der Waals surface area contributed by atoms with Crippen molar-refractivity contribution >= 4 is 0 Å². The molecule has 0 aliphatic carbocycles. The van der Waals surface area contributed by atoms with E-state index in [4.69, 9.17) is 15.2 Å². The summed E-state index contributed by atoms with van der Waals surface area (Å²) in [6, 6.07) is 12.3. The minimum Gasteiger partial charge on any atom is -0.496 e. The van der Waals surface area contributed by atoms with Crippen molar-refractivity contribution in [2.45, 2.75) is 25.8 Å². The number of hydrogen-bond acceptors (Lipinski definition) is 3. The van der Waals surface area contributed by atoms with E-state index >= 15 is 0 Å². The highest BCUT2D eigenvalue weighted by atomic mass is 16.5. The zero-order valence-corrected chi connectivity index (χ0v) is 12.6. The van der Waals surface area contributed by atoms with Gasteiger partial charge in [-0.2, -0.15) is 0 Å². The summed E-state index contributed by atoms with van der Waals surface area (Å²) in [6.07, 6.45) is 2.14. The predicted octanol–water partition coefficient (Wildman–Crippen LogP) is 3.38. The van der Waals surface area contributed by atoms with Gasteiger partial charge in [0.1, 0.15) is 11.5 Å². The van der Waals surface area contributed by atoms with E-state index < -0.39 is 0 Å². The van der Waals surface area contributed by atoms with E-state index in [1.807, 2.05) is 19.1 Å². The lowest BCUT2D eigenvalue weighted by atomic mass is 9.95. The van der Waals surface area contributed by atoms with Crippen LogP contribution >= 0.6 is 0 Å². The van der Waals surface area contributed by atoms with Crippen molar-refractivity contribution < 1.29 is 9.47 Å². The number of ether oxygens (including phenoxy) is 2. The van der Waals surface area contributed by atoms with Gasteiger partial charge >= 0.3 is 0 Å². The van der Waals surface area contributed by atoms with Gasteiger partial charge in [0.25, 0.3) is 0 Å². The topological polar surface area (TPSA) is 44.5 Å². The molecule has 21 heavy (non-hydrogen) atoms. The van der Waals surface area contributed by atoms with Crippen LogP contribution in [0, 0.1) is 6.92 Å². The van der Waals surface area contributed by atoms with Crippen LogP contribution in [0.15, 0.2) is 36.4 Å². The normalized spacial score (nSPS) is 15.0. The smallest absolute Gasteiger partial charge is 0.122 e. The van der Waals surface area contributed by atoms with Crippen LogP contribution in [0.3, 0.4) is 0 Å². The highest BCUT2D eigenvalue weighted by Gasteiger charge is 2.15. The van der Waals surface area contributed by atoms with Gasteiger partial charge in [-0.05, 0) is 54.2 Å². The number of aryl methyl sites for hydroxylation is 2. The average Bonchev–Trinajstić information content (AvgIpc) is 2.54. The third kappa shape index (κ3) is 2.74. The number of methoxy groups -OCH3 is 1. The minimum atomic E-state index is -0.147. The van der Waals surface area contributed by atoms with E-state index in [0.717, 1.165) is 47.6 Å². The van der Waals surface area contributed by atoms with E-state index in [2.05, 4.69) is 24.3 Å². The van der Waals surface area contributed by atoms with Crippen LogP contribution in [0.25, 0.3) is 0 Å². The summed E-state index contributed by atoms with van der Waals surface area (Å²) in [7, 11) is 1.69. The van der Waals surface area contributed by atoms with Crippen LogP contribution in [0.5, 0.6) is 11.5 Å². The Bertz CT molecular complexity index is 652. The highest BCUT2D eigenvalue weighted by Crippen LogP contribution is 2.31. The van der Waals surface area contributed by atoms with Crippen molar-refractivity contribution in [3.8, 4) is 11.5 Å². The van der Waals surface area contributed by atoms with Gasteiger partial charge in [-0.25, -0.2) is 0 Å². The van der Waals surface area contributed by atoms with Gasteiger partial charge in [-0.15, -0.1) is 0 Å². The Hall–Kier alpha value is -2.00. The molecule has 0 saturated heterocycles. The summed E-state index contributed by atoms with van der Waals surface area (Å²) in [5.41, 5.74) is 11.0. The molecule has 2 aromatic carbocycles. The van der Waals surface area contributed by atoms with Crippen molar-refractivity contribution in [2.24, 2.45) is 5.73 Å². The molecule has 3 heteroatoms. The molecular formula is C18H21NO2. The number of hydrogen-bond donors (Lipinski definition) is 1. The van der Waals surface area contributed by atoms with Crippen molar-refractivity contribution in [3.63, 3.8) is 0 Å². The summed E-state index contributed by atoms with van der Waals surface area (Å²) in [5, 5.41) is 0. The average molecular weight is 283 g/mol. The van der Waals surface area contributed by atoms with E-state index in [1.165, 1.54) is 5.56 Å². The van der Waals surface area contributed by atoms with Gasteiger partial charge in [-0.1, -0.05) is 24.3 Å². The number of rotatable bonds is 3. The SMILES string of the molecule is COc1cc(C(N)c2ccc3c(c2)CCCO3)ccc1C. The molecule has 0 spiro atoms. The molecule has 0 saturated carbocycles. The summed E-state index contributed by atoms with van der Waals surface area (Å²) in [5.74, 6) is 1.88. The third-order valence-corrected chi connectivity index (χ3v) is 4.08. The molecule has 110 valence electrons. The largest absolute Gasteiger partial charge is 0.496 e. The van der Waals surface area contributed by atoms with Gasteiger partial charge in [0.2, 0.25) is 0 Å². The summed E-state index contributed by atoms with van der Waals surface area (Å²) in [6.45, 7) is 2.85. The Morgan fingerprint density at radius 1 is 1.14 bits per heavy atom. The summed E-state index contributed by atoms with van der Waals surface area (Å²) >= 11 is 0. The molecule has 0 aromatic heterocycles. The molecule has 2 aromatic rings. The predicted molar refractivity (Wildman–Crippen MR) is 84.0 cm³/mol. The molecule has 3 nitrogen and oxygen atoms in total. The first-order valence-electron chi connectivity index (χ1n) is 7.35. The van der Waals surface area contributed by atoms with Crippen LogP contribution in [-0.2, 0) is 6.42 Å². The number of nitrogens with two attached hydrogens (primary N) is 1. The van der Waals surface area contributed by atoms with Gasteiger partial charge in [0.15, 0.2) is 0 Å². The standard InChI is InChI=1S/C18H21NO2/c1-12-5-6-15(11-17(12)20-2)18(19)14-7-8-16-13(10-14)4-3-9-21-16/h5-8,10-11,18H,3-4,9,19H2,1-2H3. The van der Waals surface area contributed by atoms with Gasteiger partial charge in [0.05, 0.1) is 19.8 Å². The fourth-order valence-electron chi connectivity index (χ4n) is 2.80. The molecule has 1 aliphatic rings. The molecule has 0 amide bonds. The summed E-state index contributed by atoms with van der Waals surface area (Å²) in [4.78, 5) is 0. The second-order valence-electron chi connectivity index (χ2n) is 5.53. The van der Waals surface area contributed by atoms with Gasteiger partial charge < -0.3 is 15.2 Å². The molecule has 0 fully saturated rings. The van der Waals surface area contributed by atoms with E-state index in [0.29, 0.717) is 0 Å². The molecule has 2 N–H and O–H groups in total. The van der Waals surface area contributed by atoms with Crippen LogP contribution < -0.4 is 15.2 Å². The molecule has 3 rings (SSSR count). The van der Waals surface area contributed by atoms with Gasteiger partial charge in [0, 0.05) is 0 Å². The maximum absolute atomic E-state index is 6.43. The quantitative estimate of drug-likeness (QED) is 0.939. The molecule has 1 aliphatic heterocycles. The lowest BCUT2D eigenvalue weighted by Gasteiger charge is -2.20. The Labute approximate surface area is 125 Å². The van der Waals surface area contributed by atoms with Crippen LogP contribution in [0.4, 0.5) is 0 Å². The summed E-state index contributed by atoms with van der Waals surface area (Å²) < 4.78 is 11.0. The fourth-order valence-corrected chi connectivity index (χ4v) is 2.80. The molecule has 0 bridgehead atoms. The van der Waals surface area contributed by atoms with E-state index in [1.54, 1.807) is 7.11 Å². The molecule has 0 radical (unpaired) electrons. The first kappa shape index (κ1) is 14.0. The second kappa shape index (κ2) is 5.78. The Morgan fingerprint density at radius 2 is 1.90 bits per heavy atom. The van der Waals surface area contributed by atoms with Gasteiger partial charge in [-0.3, -0.25) is 0 Å². The maximum Gasteiger partial charge on any atom is 0.122 e. The zero-order chi connectivity index (χ0) is 14.8. The van der Waals surface area contributed by atoms with Crippen LogP contribution in [0.2, 0.25) is 0 Å². The lowest BCUT2D eigenvalue weighted by molar-refractivity contribution is 0.288.